The molecule has 0 aliphatic carbocycles. The Kier molecular flexibility index (Phi) is 8.42. The highest BCUT2D eigenvalue weighted by molar-refractivity contribution is 9.10. The van der Waals surface area contributed by atoms with Crippen LogP contribution in [0.25, 0.3) is 0 Å². The lowest BCUT2D eigenvalue weighted by atomic mass is 9.86. The van der Waals surface area contributed by atoms with Gasteiger partial charge in [0, 0.05) is 10.0 Å². The Morgan fingerprint density at radius 2 is 1.97 bits per heavy atom. The molecule has 29 heavy (non-hydrogen) atoms. The molecule has 10 heteroatoms. The summed E-state index contributed by atoms with van der Waals surface area (Å²) in [5, 5.41) is 17.9. The molecule has 0 radical (unpaired) electrons. The fraction of sp³-hybridized carbons (Fsp3) is 0.526. The molecule has 1 fully saturated rings. The van der Waals surface area contributed by atoms with Crippen LogP contribution in [0.3, 0.4) is 0 Å². The number of methoxy groups -OCH3 is 2. The van der Waals surface area contributed by atoms with Crippen LogP contribution in [0.15, 0.2) is 22.7 Å². The maximum atomic E-state index is 13.0. The average Bonchev–Trinajstić information content (AvgIpc) is 2.72. The van der Waals surface area contributed by atoms with Gasteiger partial charge in [0.05, 0.1) is 27.2 Å². The molecule has 1 heterocycles. The first kappa shape index (κ1) is 23.1. The fourth-order valence-electron chi connectivity index (χ4n) is 3.25. The van der Waals surface area contributed by atoms with E-state index in [9.17, 15) is 19.5 Å². The number of nitrogens with one attached hydrogen (secondary N) is 3. The van der Waals surface area contributed by atoms with E-state index in [4.69, 9.17) is 4.74 Å². The van der Waals surface area contributed by atoms with Crippen molar-refractivity contribution in [2.45, 2.75) is 30.8 Å². The van der Waals surface area contributed by atoms with E-state index in [1.807, 2.05) is 6.07 Å². The van der Waals surface area contributed by atoms with E-state index in [1.165, 1.54) is 14.2 Å². The van der Waals surface area contributed by atoms with E-state index in [0.29, 0.717) is 37.2 Å². The monoisotopic (exact) mass is 471 g/mol. The number of carbonyl (C=O) groups excluding carboxylic acids is 3. The van der Waals surface area contributed by atoms with Gasteiger partial charge in [-0.15, -0.1) is 0 Å². The van der Waals surface area contributed by atoms with E-state index in [1.54, 1.807) is 12.1 Å². The summed E-state index contributed by atoms with van der Waals surface area (Å²) in [6.45, 7) is 0.446. The first-order valence-corrected chi connectivity index (χ1v) is 9.98. The molecule has 9 nitrogen and oxygen atoms in total. The predicted molar refractivity (Wildman–Crippen MR) is 108 cm³/mol. The Morgan fingerprint density at radius 1 is 1.28 bits per heavy atom. The molecule has 2 rings (SSSR count). The zero-order valence-corrected chi connectivity index (χ0v) is 18.0. The van der Waals surface area contributed by atoms with Crippen molar-refractivity contribution in [1.29, 1.82) is 0 Å². The molecule has 1 aromatic carbocycles. The zero-order valence-electron chi connectivity index (χ0n) is 16.4. The number of amides is 2. The Morgan fingerprint density at radius 3 is 2.55 bits per heavy atom. The van der Waals surface area contributed by atoms with Crippen molar-refractivity contribution in [2.75, 3.05) is 33.9 Å². The van der Waals surface area contributed by atoms with Gasteiger partial charge in [0.2, 0.25) is 11.8 Å². The number of hydrogen-bond acceptors (Lipinski definition) is 7. The predicted octanol–water partition coefficient (Wildman–Crippen LogP) is -0.111. The summed E-state index contributed by atoms with van der Waals surface area (Å²) in [6.07, 6.45) is 0.713. The first-order chi connectivity index (χ1) is 13.8. The van der Waals surface area contributed by atoms with Crippen molar-refractivity contribution in [3.63, 3.8) is 0 Å². The molecule has 1 aliphatic heterocycles. The molecule has 0 bridgehead atoms. The number of hydrogen-bond donors (Lipinski definition) is 4. The maximum absolute atomic E-state index is 13.0. The number of rotatable bonds is 8. The lowest BCUT2D eigenvalue weighted by molar-refractivity contribution is -0.147. The molecule has 1 unspecified atom stereocenters. The molecular weight excluding hydrogens is 446 g/mol. The molecule has 160 valence electrons. The van der Waals surface area contributed by atoms with Crippen molar-refractivity contribution >= 4 is 33.7 Å². The van der Waals surface area contributed by atoms with Crippen molar-refractivity contribution in [3.8, 4) is 5.75 Å². The van der Waals surface area contributed by atoms with Crippen LogP contribution < -0.4 is 20.7 Å². The van der Waals surface area contributed by atoms with Gasteiger partial charge in [0.25, 0.3) is 0 Å². The van der Waals surface area contributed by atoms with Gasteiger partial charge in [-0.1, -0.05) is 15.9 Å². The second-order valence-electron chi connectivity index (χ2n) is 6.75. The highest BCUT2D eigenvalue weighted by Crippen LogP contribution is 2.25. The normalized spacial score (nSPS) is 16.4. The number of benzene rings is 1. The zero-order chi connectivity index (χ0) is 21.4. The lowest BCUT2D eigenvalue weighted by Gasteiger charge is -2.37. The van der Waals surface area contributed by atoms with E-state index < -0.39 is 30.1 Å². The molecule has 0 aromatic heterocycles. The third-order valence-electron chi connectivity index (χ3n) is 4.84. The molecular formula is C19H26BrN3O6. The average molecular weight is 472 g/mol. The van der Waals surface area contributed by atoms with Crippen molar-refractivity contribution in [2.24, 2.45) is 0 Å². The SMILES string of the molecule is COC(=O)C(CO)NC(=O)C1(NC(=O)Cc2cc(Br)ccc2OC)CCNCC1. The summed E-state index contributed by atoms with van der Waals surface area (Å²) < 4.78 is 10.7. The molecule has 0 saturated carbocycles. The van der Waals surface area contributed by atoms with E-state index in [0.717, 1.165) is 4.47 Å². The molecule has 4 N–H and O–H groups in total. The maximum Gasteiger partial charge on any atom is 0.330 e. The van der Waals surface area contributed by atoms with Crippen LogP contribution in [0.2, 0.25) is 0 Å². The Balaban J connectivity index is 2.17. The third-order valence-corrected chi connectivity index (χ3v) is 5.33. The second kappa shape index (κ2) is 10.6. The number of halogens is 1. The van der Waals surface area contributed by atoms with Gasteiger partial charge in [-0.2, -0.15) is 0 Å². The summed E-state index contributed by atoms with van der Waals surface area (Å²) in [5.41, 5.74) is -0.519. The Hall–Kier alpha value is -2.17. The second-order valence-corrected chi connectivity index (χ2v) is 7.66. The van der Waals surface area contributed by atoms with Crippen LogP contribution in [0.1, 0.15) is 18.4 Å². The number of ether oxygens (including phenoxy) is 2. The van der Waals surface area contributed by atoms with Crippen molar-refractivity contribution < 1.29 is 29.0 Å². The van der Waals surface area contributed by atoms with E-state index >= 15 is 0 Å². The highest BCUT2D eigenvalue weighted by atomic mass is 79.9. The number of carbonyl (C=O) groups is 3. The fourth-order valence-corrected chi connectivity index (χ4v) is 3.66. The Labute approximate surface area is 177 Å². The van der Waals surface area contributed by atoms with Gasteiger partial charge in [0.1, 0.15) is 11.3 Å². The summed E-state index contributed by atoms with van der Waals surface area (Å²) in [4.78, 5) is 37.5. The van der Waals surface area contributed by atoms with Crippen molar-refractivity contribution in [3.05, 3.63) is 28.2 Å². The largest absolute Gasteiger partial charge is 0.496 e. The van der Waals surface area contributed by atoms with Crippen LogP contribution in [-0.4, -0.2) is 68.4 Å². The molecule has 1 atom stereocenters. The van der Waals surface area contributed by atoms with Crippen LogP contribution in [0.5, 0.6) is 5.75 Å². The van der Waals surface area contributed by atoms with Crippen LogP contribution in [0.4, 0.5) is 0 Å². The third kappa shape index (κ3) is 5.91. The van der Waals surface area contributed by atoms with Gasteiger partial charge in [-0.05, 0) is 44.1 Å². The minimum atomic E-state index is -1.19. The molecule has 0 spiro atoms. The smallest absolute Gasteiger partial charge is 0.330 e. The first-order valence-electron chi connectivity index (χ1n) is 9.19. The standard InChI is InChI=1S/C19H26BrN3O6/c1-28-15-4-3-13(20)9-12(15)10-16(25)23-19(5-7-21-8-6-19)18(27)22-14(11-24)17(26)29-2/h3-4,9,14,21,24H,5-8,10-11H2,1-2H3,(H,22,27)(H,23,25). The summed E-state index contributed by atoms with van der Waals surface area (Å²) >= 11 is 3.38. The lowest BCUT2D eigenvalue weighted by Crippen LogP contribution is -2.65. The van der Waals surface area contributed by atoms with E-state index in [-0.39, 0.29) is 12.3 Å². The number of piperidine rings is 1. The minimum absolute atomic E-state index is 0.0193. The summed E-state index contributed by atoms with van der Waals surface area (Å²) in [5.74, 6) is -1.07. The van der Waals surface area contributed by atoms with Gasteiger partial charge in [-0.25, -0.2) is 4.79 Å². The van der Waals surface area contributed by atoms with Crippen LogP contribution in [-0.2, 0) is 25.5 Å². The highest BCUT2D eigenvalue weighted by Gasteiger charge is 2.42. The number of aliphatic hydroxyl groups excluding tert-OH is 1. The molecule has 1 saturated heterocycles. The summed E-state index contributed by atoms with van der Waals surface area (Å²) in [6, 6.07) is 4.15. The minimum Gasteiger partial charge on any atom is -0.496 e. The van der Waals surface area contributed by atoms with Crippen LogP contribution in [0, 0.1) is 0 Å². The molecule has 1 aromatic rings. The van der Waals surface area contributed by atoms with Crippen LogP contribution >= 0.6 is 15.9 Å². The quantitative estimate of drug-likeness (QED) is 0.389. The molecule has 1 aliphatic rings. The number of aliphatic hydroxyl groups is 1. The van der Waals surface area contributed by atoms with Gasteiger partial charge >= 0.3 is 5.97 Å². The van der Waals surface area contributed by atoms with Crippen molar-refractivity contribution in [1.82, 2.24) is 16.0 Å². The Bertz CT molecular complexity index is 751. The van der Waals surface area contributed by atoms with Gasteiger partial charge in [0.15, 0.2) is 6.04 Å². The van der Waals surface area contributed by atoms with Gasteiger partial charge in [-0.3, -0.25) is 9.59 Å². The van der Waals surface area contributed by atoms with Gasteiger partial charge < -0.3 is 30.5 Å². The number of esters is 1. The molecule has 2 amide bonds. The topological polar surface area (TPSA) is 126 Å². The summed E-state index contributed by atoms with van der Waals surface area (Å²) in [7, 11) is 2.69. The van der Waals surface area contributed by atoms with E-state index in [2.05, 4.69) is 36.6 Å².